The first-order valence-electron chi connectivity index (χ1n) is 9.61. The van der Waals surface area contributed by atoms with Gasteiger partial charge >= 0.3 is 0 Å². The molecule has 7 heteroatoms. The number of carbonyl (C=O) groups excluding carboxylic acids is 1. The molecule has 1 saturated heterocycles. The summed E-state index contributed by atoms with van der Waals surface area (Å²) in [5, 5.41) is 0.822. The van der Waals surface area contributed by atoms with Crippen molar-refractivity contribution < 1.29 is 13.2 Å². The van der Waals surface area contributed by atoms with E-state index in [9.17, 15) is 13.2 Å². The topological polar surface area (TPSA) is 70.6 Å². The Morgan fingerprint density at radius 3 is 2.34 bits per heavy atom. The number of piperazine rings is 1. The number of hydrogen-bond acceptors (Lipinski definition) is 4. The zero-order valence-corrected chi connectivity index (χ0v) is 17.1. The third-order valence-corrected chi connectivity index (χ3v) is 7.04. The highest BCUT2D eigenvalue weighted by molar-refractivity contribution is 7.88. The SMILES string of the molecule is Cc1cc(C(=O)N2CCN(S(=O)(=O)Cc3ccccc3)CC2)c2ccccc2n1. The summed E-state index contributed by atoms with van der Waals surface area (Å²) < 4.78 is 27.0. The number of hydrogen-bond donors (Lipinski definition) is 0. The second kappa shape index (κ2) is 7.93. The van der Waals surface area contributed by atoms with Gasteiger partial charge in [0.15, 0.2) is 0 Å². The Balaban J connectivity index is 1.48. The van der Waals surface area contributed by atoms with Crippen LogP contribution in [-0.4, -0.2) is 54.7 Å². The summed E-state index contributed by atoms with van der Waals surface area (Å²) in [5.74, 6) is -0.0949. The van der Waals surface area contributed by atoms with Gasteiger partial charge in [0, 0.05) is 37.3 Å². The van der Waals surface area contributed by atoms with Gasteiger partial charge in [-0.25, -0.2) is 8.42 Å². The molecule has 0 unspecified atom stereocenters. The Morgan fingerprint density at radius 1 is 0.966 bits per heavy atom. The van der Waals surface area contributed by atoms with Crippen molar-refractivity contribution in [3.63, 3.8) is 0 Å². The van der Waals surface area contributed by atoms with Crippen molar-refractivity contribution in [3.8, 4) is 0 Å². The Hall–Kier alpha value is -2.77. The minimum atomic E-state index is -3.41. The van der Waals surface area contributed by atoms with Crippen LogP contribution in [0.5, 0.6) is 0 Å². The van der Waals surface area contributed by atoms with Gasteiger partial charge in [-0.1, -0.05) is 48.5 Å². The second-order valence-corrected chi connectivity index (χ2v) is 9.23. The molecule has 0 atom stereocenters. The number of sulfonamides is 1. The van der Waals surface area contributed by atoms with Crippen LogP contribution in [0.2, 0.25) is 0 Å². The first kappa shape index (κ1) is 19.5. The maximum atomic E-state index is 13.1. The molecule has 29 heavy (non-hydrogen) atoms. The predicted molar refractivity (Wildman–Crippen MR) is 113 cm³/mol. The average Bonchev–Trinajstić information content (AvgIpc) is 2.73. The van der Waals surface area contributed by atoms with Gasteiger partial charge in [0.2, 0.25) is 10.0 Å². The van der Waals surface area contributed by atoms with E-state index in [2.05, 4.69) is 4.98 Å². The number of benzene rings is 2. The van der Waals surface area contributed by atoms with Crippen LogP contribution < -0.4 is 0 Å². The summed E-state index contributed by atoms with van der Waals surface area (Å²) in [6.45, 7) is 3.24. The molecule has 1 aliphatic rings. The van der Waals surface area contributed by atoms with Crippen molar-refractivity contribution in [3.05, 3.63) is 77.5 Å². The fourth-order valence-electron chi connectivity index (χ4n) is 3.70. The summed E-state index contributed by atoms with van der Waals surface area (Å²) in [7, 11) is -3.41. The Bertz CT molecular complexity index is 1140. The lowest BCUT2D eigenvalue weighted by Crippen LogP contribution is -2.50. The largest absolute Gasteiger partial charge is 0.336 e. The highest BCUT2D eigenvalue weighted by atomic mass is 32.2. The molecule has 1 aromatic heterocycles. The van der Waals surface area contributed by atoms with Gasteiger partial charge in [-0.15, -0.1) is 0 Å². The summed E-state index contributed by atoms with van der Waals surface area (Å²) in [6.07, 6.45) is 0. The monoisotopic (exact) mass is 409 g/mol. The number of para-hydroxylation sites is 1. The molecule has 2 heterocycles. The van der Waals surface area contributed by atoms with Gasteiger partial charge in [-0.2, -0.15) is 4.31 Å². The van der Waals surface area contributed by atoms with E-state index in [1.807, 2.05) is 67.6 Å². The number of aryl methyl sites for hydroxylation is 1. The molecule has 0 saturated carbocycles. The quantitative estimate of drug-likeness (QED) is 0.664. The van der Waals surface area contributed by atoms with E-state index >= 15 is 0 Å². The molecule has 0 aliphatic carbocycles. The molecule has 6 nitrogen and oxygen atoms in total. The molecule has 1 amide bonds. The maximum absolute atomic E-state index is 13.1. The molecule has 4 rings (SSSR count). The summed E-state index contributed by atoms with van der Waals surface area (Å²) in [6, 6.07) is 18.6. The van der Waals surface area contributed by atoms with E-state index in [4.69, 9.17) is 0 Å². The zero-order valence-electron chi connectivity index (χ0n) is 16.3. The molecule has 1 fully saturated rings. The lowest BCUT2D eigenvalue weighted by molar-refractivity contribution is 0.0699. The van der Waals surface area contributed by atoms with Crippen molar-refractivity contribution in [1.82, 2.24) is 14.2 Å². The van der Waals surface area contributed by atoms with Gasteiger partial charge < -0.3 is 4.90 Å². The smallest absolute Gasteiger partial charge is 0.254 e. The first-order valence-corrected chi connectivity index (χ1v) is 11.2. The minimum Gasteiger partial charge on any atom is -0.336 e. The lowest BCUT2D eigenvalue weighted by atomic mass is 10.1. The number of amides is 1. The van der Waals surface area contributed by atoms with Crippen molar-refractivity contribution in [1.29, 1.82) is 0 Å². The van der Waals surface area contributed by atoms with Gasteiger partial charge in [-0.05, 0) is 24.6 Å². The van der Waals surface area contributed by atoms with Crippen molar-refractivity contribution in [2.45, 2.75) is 12.7 Å². The van der Waals surface area contributed by atoms with Gasteiger partial charge in [0.25, 0.3) is 5.91 Å². The molecule has 0 radical (unpaired) electrons. The average molecular weight is 410 g/mol. The first-order chi connectivity index (χ1) is 13.9. The van der Waals surface area contributed by atoms with Crippen molar-refractivity contribution >= 4 is 26.8 Å². The van der Waals surface area contributed by atoms with Crippen molar-refractivity contribution in [2.75, 3.05) is 26.2 Å². The molecule has 3 aromatic rings. The van der Waals surface area contributed by atoms with E-state index in [1.54, 1.807) is 4.90 Å². The van der Waals surface area contributed by atoms with E-state index in [1.165, 1.54) is 4.31 Å². The summed E-state index contributed by atoms with van der Waals surface area (Å²) >= 11 is 0. The molecule has 1 aliphatic heterocycles. The van der Waals surface area contributed by atoms with Crippen LogP contribution >= 0.6 is 0 Å². The maximum Gasteiger partial charge on any atom is 0.254 e. The van der Waals surface area contributed by atoms with Crippen LogP contribution in [0.15, 0.2) is 60.7 Å². The Morgan fingerprint density at radius 2 is 1.62 bits per heavy atom. The van der Waals surface area contributed by atoms with Crippen LogP contribution in [0.4, 0.5) is 0 Å². The molecule has 0 bridgehead atoms. The molecule has 0 N–H and O–H groups in total. The molecular formula is C22H23N3O3S. The molecule has 150 valence electrons. The fourth-order valence-corrected chi connectivity index (χ4v) is 5.22. The fraction of sp³-hybridized carbons (Fsp3) is 0.273. The van der Waals surface area contributed by atoms with Crippen LogP contribution in [0, 0.1) is 6.92 Å². The standard InChI is InChI=1S/C22H23N3O3S/c1-17-15-20(19-9-5-6-10-21(19)23-17)22(26)24-11-13-25(14-12-24)29(27,28)16-18-7-3-2-4-8-18/h2-10,15H,11-14,16H2,1H3. The highest BCUT2D eigenvalue weighted by Gasteiger charge is 2.30. The third-order valence-electron chi connectivity index (χ3n) is 5.19. The molecule has 0 spiro atoms. The Labute approximate surface area is 170 Å². The number of pyridine rings is 1. The third kappa shape index (κ3) is 4.16. The van der Waals surface area contributed by atoms with Crippen LogP contribution in [-0.2, 0) is 15.8 Å². The van der Waals surface area contributed by atoms with Gasteiger partial charge in [0.1, 0.15) is 0 Å². The van der Waals surface area contributed by atoms with E-state index in [-0.39, 0.29) is 11.7 Å². The normalized spacial score (nSPS) is 15.6. The molecule has 2 aromatic carbocycles. The van der Waals surface area contributed by atoms with Gasteiger partial charge in [0.05, 0.1) is 16.8 Å². The van der Waals surface area contributed by atoms with Gasteiger partial charge in [-0.3, -0.25) is 9.78 Å². The Kier molecular flexibility index (Phi) is 5.34. The van der Waals surface area contributed by atoms with Crippen molar-refractivity contribution in [2.24, 2.45) is 0 Å². The second-order valence-electron chi connectivity index (χ2n) is 7.26. The number of rotatable bonds is 4. The summed E-state index contributed by atoms with van der Waals surface area (Å²) in [5.41, 5.74) is 2.97. The number of fused-ring (bicyclic) bond motifs is 1. The van der Waals surface area contributed by atoms with Crippen LogP contribution in [0.1, 0.15) is 21.6 Å². The number of carbonyl (C=O) groups is 1. The minimum absolute atomic E-state index is 0.0179. The molecular weight excluding hydrogens is 386 g/mol. The number of aromatic nitrogens is 1. The predicted octanol–water partition coefficient (Wildman–Crippen LogP) is 2.83. The van der Waals surface area contributed by atoms with E-state index in [0.29, 0.717) is 31.7 Å². The van der Waals surface area contributed by atoms with Crippen LogP contribution in [0.25, 0.3) is 10.9 Å². The summed E-state index contributed by atoms with van der Waals surface area (Å²) in [4.78, 5) is 19.4. The van der Waals surface area contributed by atoms with E-state index < -0.39 is 10.0 Å². The van der Waals surface area contributed by atoms with E-state index in [0.717, 1.165) is 22.2 Å². The zero-order chi connectivity index (χ0) is 20.4. The number of nitrogens with zero attached hydrogens (tertiary/aromatic N) is 3. The van der Waals surface area contributed by atoms with Crippen LogP contribution in [0.3, 0.4) is 0 Å². The lowest BCUT2D eigenvalue weighted by Gasteiger charge is -2.34. The highest BCUT2D eigenvalue weighted by Crippen LogP contribution is 2.21.